The van der Waals surface area contributed by atoms with Crippen molar-refractivity contribution in [3.63, 3.8) is 0 Å². The third-order valence-electron chi connectivity index (χ3n) is 1.84. The van der Waals surface area contributed by atoms with E-state index in [1.54, 1.807) is 0 Å². The number of fused-ring (bicyclic) bond motifs is 1. The highest BCUT2D eigenvalue weighted by molar-refractivity contribution is 5.78. The molecule has 0 aliphatic rings. The summed E-state index contributed by atoms with van der Waals surface area (Å²) >= 11 is 0. The zero-order valence-corrected chi connectivity index (χ0v) is 7.12. The van der Waals surface area contributed by atoms with Gasteiger partial charge in [0, 0.05) is 5.39 Å². The van der Waals surface area contributed by atoms with Gasteiger partial charge < -0.3 is 4.74 Å². The lowest BCUT2D eigenvalue weighted by Crippen LogP contribution is -1.92. The van der Waals surface area contributed by atoms with Crippen LogP contribution in [0, 0.1) is 5.82 Å². The Kier molecular flexibility index (Phi) is 1.85. The summed E-state index contributed by atoms with van der Waals surface area (Å²) in [4.78, 5) is 4.00. The molecule has 1 aromatic heterocycles. The molecule has 0 spiro atoms. The van der Waals surface area contributed by atoms with Crippen LogP contribution in [0.4, 0.5) is 4.39 Å². The van der Waals surface area contributed by atoms with E-state index in [0.717, 1.165) is 10.9 Å². The van der Waals surface area contributed by atoms with E-state index in [0.29, 0.717) is 0 Å². The summed E-state index contributed by atoms with van der Waals surface area (Å²) in [6, 6.07) is 8.74. The summed E-state index contributed by atoms with van der Waals surface area (Å²) in [7, 11) is 1.40. The highest BCUT2D eigenvalue weighted by Gasteiger charge is 2.04. The molecule has 2 aromatic rings. The second-order valence-electron chi connectivity index (χ2n) is 2.67. The fraction of sp³-hybridized carbons (Fsp3) is 0.100. The van der Waals surface area contributed by atoms with Gasteiger partial charge in [-0.05, 0) is 12.1 Å². The van der Waals surface area contributed by atoms with Crippen LogP contribution in [-0.2, 0) is 0 Å². The molecule has 0 N–H and O–H groups in total. The van der Waals surface area contributed by atoms with Crippen LogP contribution >= 0.6 is 0 Å². The minimum absolute atomic E-state index is 0.0405. The first-order valence-electron chi connectivity index (χ1n) is 3.90. The van der Waals surface area contributed by atoms with Gasteiger partial charge in [0.2, 0.25) is 0 Å². The first-order valence-corrected chi connectivity index (χ1v) is 3.90. The molecule has 0 atom stereocenters. The molecule has 1 heterocycles. The Bertz CT molecular complexity index is 442. The van der Waals surface area contributed by atoms with Gasteiger partial charge in [0.25, 0.3) is 5.88 Å². The second-order valence-corrected chi connectivity index (χ2v) is 2.67. The quantitative estimate of drug-likeness (QED) is 0.667. The van der Waals surface area contributed by atoms with Crippen LogP contribution in [0.25, 0.3) is 10.9 Å². The number of nitrogens with zero attached hydrogens (tertiary/aromatic N) is 1. The molecule has 0 saturated heterocycles. The molecule has 0 aliphatic carbocycles. The van der Waals surface area contributed by atoms with Crippen molar-refractivity contribution in [2.45, 2.75) is 0 Å². The summed E-state index contributed by atoms with van der Waals surface area (Å²) in [6.45, 7) is 0. The number of aromatic nitrogens is 1. The Labute approximate surface area is 75.0 Å². The topological polar surface area (TPSA) is 22.1 Å². The smallest absolute Gasteiger partial charge is 0.250 e. The fourth-order valence-corrected chi connectivity index (χ4v) is 1.22. The highest BCUT2D eigenvalue weighted by atomic mass is 19.1. The summed E-state index contributed by atoms with van der Waals surface area (Å²) in [5.41, 5.74) is 0.737. The lowest BCUT2D eigenvalue weighted by Gasteiger charge is -2.02. The van der Waals surface area contributed by atoms with Gasteiger partial charge in [-0.3, -0.25) is 0 Å². The van der Waals surface area contributed by atoms with Crippen molar-refractivity contribution in [3.05, 3.63) is 36.1 Å². The SMILES string of the molecule is COc1nc2ccccc2cc1F. The Morgan fingerprint density at radius 1 is 1.31 bits per heavy atom. The lowest BCUT2D eigenvalue weighted by atomic mass is 10.2. The van der Waals surface area contributed by atoms with Gasteiger partial charge in [0.05, 0.1) is 12.6 Å². The van der Waals surface area contributed by atoms with Gasteiger partial charge >= 0.3 is 0 Å². The molecule has 2 rings (SSSR count). The Morgan fingerprint density at radius 3 is 2.85 bits per heavy atom. The van der Waals surface area contributed by atoms with Gasteiger partial charge in [0.15, 0.2) is 5.82 Å². The van der Waals surface area contributed by atoms with Crippen LogP contribution < -0.4 is 4.74 Å². The summed E-state index contributed by atoms with van der Waals surface area (Å²) < 4.78 is 17.9. The van der Waals surface area contributed by atoms with E-state index in [4.69, 9.17) is 4.74 Å². The first kappa shape index (κ1) is 7.98. The predicted octanol–water partition coefficient (Wildman–Crippen LogP) is 2.38. The van der Waals surface area contributed by atoms with Gasteiger partial charge in [0.1, 0.15) is 0 Å². The van der Waals surface area contributed by atoms with Crippen LogP contribution in [-0.4, -0.2) is 12.1 Å². The molecule has 1 aromatic carbocycles. The molecule has 13 heavy (non-hydrogen) atoms. The van der Waals surface area contributed by atoms with Crippen molar-refractivity contribution in [1.29, 1.82) is 0 Å². The molecular weight excluding hydrogens is 169 g/mol. The molecular formula is C10H8FNO. The van der Waals surface area contributed by atoms with E-state index in [2.05, 4.69) is 4.98 Å². The number of ether oxygens (including phenoxy) is 1. The maximum Gasteiger partial charge on any atom is 0.250 e. The number of hydrogen-bond donors (Lipinski definition) is 0. The van der Waals surface area contributed by atoms with E-state index in [9.17, 15) is 4.39 Å². The van der Waals surface area contributed by atoms with Crippen LogP contribution in [0.2, 0.25) is 0 Å². The van der Waals surface area contributed by atoms with Crippen molar-refractivity contribution in [3.8, 4) is 5.88 Å². The van der Waals surface area contributed by atoms with E-state index in [1.807, 2.05) is 24.3 Å². The van der Waals surface area contributed by atoms with Crippen LogP contribution in [0.3, 0.4) is 0 Å². The average Bonchev–Trinajstić information content (AvgIpc) is 2.17. The highest BCUT2D eigenvalue weighted by Crippen LogP contribution is 2.19. The third kappa shape index (κ3) is 1.33. The molecule has 0 aliphatic heterocycles. The maximum absolute atomic E-state index is 13.1. The Morgan fingerprint density at radius 2 is 2.08 bits per heavy atom. The third-order valence-corrected chi connectivity index (χ3v) is 1.84. The molecule has 0 bridgehead atoms. The maximum atomic E-state index is 13.1. The Balaban J connectivity index is 2.74. The minimum atomic E-state index is -0.429. The Hall–Kier alpha value is -1.64. The van der Waals surface area contributed by atoms with Gasteiger partial charge in [-0.15, -0.1) is 0 Å². The van der Waals surface area contributed by atoms with E-state index in [-0.39, 0.29) is 5.88 Å². The summed E-state index contributed by atoms with van der Waals surface area (Å²) in [5, 5.41) is 0.779. The average molecular weight is 177 g/mol. The number of hydrogen-bond acceptors (Lipinski definition) is 2. The first-order chi connectivity index (χ1) is 6.31. The molecule has 2 nitrogen and oxygen atoms in total. The molecule has 0 saturated carbocycles. The van der Waals surface area contributed by atoms with Gasteiger partial charge in [-0.1, -0.05) is 18.2 Å². The number of benzene rings is 1. The van der Waals surface area contributed by atoms with Crippen molar-refractivity contribution in [2.24, 2.45) is 0 Å². The van der Waals surface area contributed by atoms with Crippen molar-refractivity contribution >= 4 is 10.9 Å². The largest absolute Gasteiger partial charge is 0.479 e. The fourth-order valence-electron chi connectivity index (χ4n) is 1.22. The van der Waals surface area contributed by atoms with Crippen LogP contribution in [0.5, 0.6) is 5.88 Å². The number of methoxy groups -OCH3 is 1. The molecule has 66 valence electrons. The van der Waals surface area contributed by atoms with Crippen molar-refractivity contribution in [1.82, 2.24) is 4.98 Å². The van der Waals surface area contributed by atoms with Crippen molar-refractivity contribution < 1.29 is 9.13 Å². The minimum Gasteiger partial charge on any atom is -0.479 e. The van der Waals surface area contributed by atoms with Gasteiger partial charge in [-0.2, -0.15) is 0 Å². The van der Waals surface area contributed by atoms with Crippen molar-refractivity contribution in [2.75, 3.05) is 7.11 Å². The monoisotopic (exact) mass is 177 g/mol. The lowest BCUT2D eigenvalue weighted by molar-refractivity contribution is 0.371. The zero-order valence-electron chi connectivity index (χ0n) is 7.12. The van der Waals surface area contributed by atoms with Crippen LogP contribution in [0.1, 0.15) is 0 Å². The van der Waals surface area contributed by atoms with Crippen LogP contribution in [0.15, 0.2) is 30.3 Å². The number of halogens is 1. The number of pyridine rings is 1. The number of rotatable bonds is 1. The molecule has 3 heteroatoms. The van der Waals surface area contributed by atoms with E-state index >= 15 is 0 Å². The van der Waals surface area contributed by atoms with Gasteiger partial charge in [-0.25, -0.2) is 9.37 Å². The standard InChI is InChI=1S/C10H8FNO/c1-13-10-8(11)6-7-4-2-3-5-9(7)12-10/h2-6H,1H3. The molecule has 0 radical (unpaired) electrons. The molecule has 0 amide bonds. The predicted molar refractivity (Wildman–Crippen MR) is 48.3 cm³/mol. The van der Waals surface area contributed by atoms with E-state index in [1.165, 1.54) is 13.2 Å². The summed E-state index contributed by atoms with van der Waals surface area (Å²) in [6.07, 6.45) is 0. The molecule has 0 unspecified atom stereocenters. The zero-order chi connectivity index (χ0) is 9.26. The number of para-hydroxylation sites is 1. The second kappa shape index (κ2) is 3.01. The molecule has 0 fully saturated rings. The normalized spacial score (nSPS) is 10.3. The summed E-state index contributed by atoms with van der Waals surface area (Å²) in [5.74, 6) is -0.389. The van der Waals surface area contributed by atoms with E-state index < -0.39 is 5.82 Å².